The lowest BCUT2D eigenvalue weighted by molar-refractivity contribution is 0.223. The second-order valence-electron chi connectivity index (χ2n) is 6.64. The van der Waals surface area contributed by atoms with E-state index in [2.05, 4.69) is 20.7 Å². The molecule has 0 saturated heterocycles. The monoisotopic (exact) mass is 395 g/mol. The molecule has 2 N–H and O–H groups in total. The minimum Gasteiger partial charge on any atom is -0.489 e. The van der Waals surface area contributed by atoms with E-state index < -0.39 is 0 Å². The number of rotatable bonds is 8. The molecule has 6 nitrogen and oxygen atoms in total. The second-order valence-corrected chi connectivity index (χ2v) is 6.64. The van der Waals surface area contributed by atoms with Crippen LogP contribution in [0.1, 0.15) is 12.5 Å². The predicted molar refractivity (Wildman–Crippen MR) is 113 cm³/mol. The van der Waals surface area contributed by atoms with E-state index in [1.54, 1.807) is 19.2 Å². The molecular weight excluding hydrogens is 369 g/mol. The zero-order valence-electron chi connectivity index (χ0n) is 16.7. The summed E-state index contributed by atoms with van der Waals surface area (Å²) >= 11 is 0. The van der Waals surface area contributed by atoms with Gasteiger partial charge in [0, 0.05) is 25.9 Å². The highest BCUT2D eigenvalue weighted by molar-refractivity contribution is 5.79. The third kappa shape index (κ3) is 6.34. The smallest absolute Gasteiger partial charge is 0.191 e. The van der Waals surface area contributed by atoms with Gasteiger partial charge >= 0.3 is 0 Å². The van der Waals surface area contributed by atoms with E-state index in [1.165, 1.54) is 12.1 Å². The molecule has 0 aliphatic heterocycles. The minimum atomic E-state index is -0.310. The Kier molecular flexibility index (Phi) is 7.22. The zero-order chi connectivity index (χ0) is 20.5. The van der Waals surface area contributed by atoms with Gasteiger partial charge in [0.2, 0.25) is 0 Å². The summed E-state index contributed by atoms with van der Waals surface area (Å²) in [6, 6.07) is 16.2. The van der Waals surface area contributed by atoms with Crippen LogP contribution in [-0.4, -0.2) is 42.0 Å². The van der Waals surface area contributed by atoms with E-state index in [4.69, 9.17) is 4.74 Å². The van der Waals surface area contributed by atoms with Crippen molar-refractivity contribution in [2.24, 2.45) is 4.99 Å². The molecule has 152 valence electrons. The van der Waals surface area contributed by atoms with Gasteiger partial charge in [0.25, 0.3) is 0 Å². The lowest BCUT2D eigenvalue weighted by Gasteiger charge is -2.17. The Hall–Kier alpha value is -3.35. The van der Waals surface area contributed by atoms with Crippen molar-refractivity contribution in [2.75, 3.05) is 20.1 Å². The normalized spacial score (nSPS) is 12.4. The first-order chi connectivity index (χ1) is 14.1. The molecule has 0 fully saturated rings. The predicted octanol–water partition coefficient (Wildman–Crippen LogP) is 3.19. The van der Waals surface area contributed by atoms with Gasteiger partial charge in [0.1, 0.15) is 17.7 Å². The quantitative estimate of drug-likeness (QED) is 0.454. The van der Waals surface area contributed by atoms with Crippen molar-refractivity contribution in [1.29, 1.82) is 0 Å². The molecule has 0 aliphatic carbocycles. The van der Waals surface area contributed by atoms with Crippen molar-refractivity contribution in [3.8, 4) is 11.4 Å². The van der Waals surface area contributed by atoms with Crippen molar-refractivity contribution in [2.45, 2.75) is 19.4 Å². The Labute approximate surface area is 170 Å². The first-order valence-electron chi connectivity index (χ1n) is 9.60. The van der Waals surface area contributed by atoms with E-state index in [0.717, 1.165) is 24.2 Å². The molecule has 3 rings (SSSR count). The fourth-order valence-corrected chi connectivity index (χ4v) is 2.81. The van der Waals surface area contributed by atoms with Gasteiger partial charge in [-0.1, -0.05) is 24.3 Å². The van der Waals surface area contributed by atoms with Crippen molar-refractivity contribution in [3.05, 3.63) is 78.4 Å². The number of hydrogen-bond acceptors (Lipinski definition) is 3. The molecule has 29 heavy (non-hydrogen) atoms. The third-order valence-electron chi connectivity index (χ3n) is 4.28. The van der Waals surface area contributed by atoms with Gasteiger partial charge in [-0.15, -0.1) is 0 Å². The van der Waals surface area contributed by atoms with Crippen LogP contribution in [0, 0.1) is 5.82 Å². The van der Waals surface area contributed by atoms with E-state index in [1.807, 2.05) is 54.3 Å². The second kappa shape index (κ2) is 10.3. The maximum atomic E-state index is 13.2. The topological polar surface area (TPSA) is 63.5 Å². The maximum Gasteiger partial charge on any atom is 0.191 e. The number of aromatic nitrogens is 2. The van der Waals surface area contributed by atoms with Crippen molar-refractivity contribution in [1.82, 2.24) is 20.4 Å². The van der Waals surface area contributed by atoms with Gasteiger partial charge in [-0.05, 0) is 43.2 Å². The Morgan fingerprint density at radius 3 is 2.76 bits per heavy atom. The van der Waals surface area contributed by atoms with Gasteiger partial charge in [0.15, 0.2) is 5.96 Å². The Bertz CT molecular complexity index is 926. The van der Waals surface area contributed by atoms with Crippen LogP contribution in [0.4, 0.5) is 4.39 Å². The molecule has 3 aromatic rings. The number of hydrogen-bond donors (Lipinski definition) is 2. The van der Waals surface area contributed by atoms with Crippen LogP contribution in [0.15, 0.2) is 72.0 Å². The molecule has 1 aromatic heterocycles. The summed E-state index contributed by atoms with van der Waals surface area (Å²) < 4.78 is 20.8. The Morgan fingerprint density at radius 1 is 1.17 bits per heavy atom. The Balaban J connectivity index is 1.41. The molecule has 1 atom stereocenters. The van der Waals surface area contributed by atoms with Gasteiger partial charge in [0.05, 0.1) is 18.4 Å². The van der Waals surface area contributed by atoms with Crippen LogP contribution >= 0.6 is 0 Å². The molecule has 1 heterocycles. The van der Waals surface area contributed by atoms with E-state index in [0.29, 0.717) is 18.3 Å². The number of ether oxygens (including phenoxy) is 1. The Morgan fingerprint density at radius 2 is 2.00 bits per heavy atom. The van der Waals surface area contributed by atoms with Gasteiger partial charge < -0.3 is 15.4 Å². The highest BCUT2D eigenvalue weighted by atomic mass is 19.1. The van der Waals surface area contributed by atoms with Crippen molar-refractivity contribution >= 4 is 5.96 Å². The summed E-state index contributed by atoms with van der Waals surface area (Å²) in [7, 11) is 1.72. The van der Waals surface area contributed by atoms with E-state index in [9.17, 15) is 4.39 Å². The van der Waals surface area contributed by atoms with Gasteiger partial charge in [-0.3, -0.25) is 4.99 Å². The zero-order valence-corrected chi connectivity index (χ0v) is 16.7. The van der Waals surface area contributed by atoms with Crippen LogP contribution in [-0.2, 0) is 6.42 Å². The number of nitrogens with one attached hydrogen (secondary N) is 2. The standard InChI is InChI=1S/C22H26FN5O/c1-17(29-21-10-6-7-19(23)13-21)14-26-22(24-2)25-12-11-18-15-27-28(16-18)20-8-4-3-5-9-20/h3-10,13,15-17H,11-12,14H2,1-2H3,(H2,24,25,26). The van der Waals surface area contributed by atoms with E-state index in [-0.39, 0.29) is 11.9 Å². The first kappa shape index (κ1) is 20.4. The number of guanidine groups is 1. The summed E-state index contributed by atoms with van der Waals surface area (Å²) in [6.45, 7) is 3.19. The molecular formula is C22H26FN5O. The summed E-state index contributed by atoms with van der Waals surface area (Å²) in [5.74, 6) is 0.892. The van der Waals surface area contributed by atoms with Crippen LogP contribution < -0.4 is 15.4 Å². The molecule has 1 unspecified atom stereocenters. The molecule has 0 saturated carbocycles. The van der Waals surface area contributed by atoms with Crippen molar-refractivity contribution in [3.63, 3.8) is 0 Å². The highest BCUT2D eigenvalue weighted by Gasteiger charge is 2.07. The summed E-state index contributed by atoms with van der Waals surface area (Å²) in [5, 5.41) is 10.9. The molecule has 2 aromatic carbocycles. The van der Waals surface area contributed by atoms with Crippen LogP contribution in [0.2, 0.25) is 0 Å². The van der Waals surface area contributed by atoms with Crippen LogP contribution in [0.5, 0.6) is 5.75 Å². The molecule has 0 spiro atoms. The fraction of sp³-hybridized carbons (Fsp3) is 0.273. The van der Waals surface area contributed by atoms with Gasteiger partial charge in [-0.2, -0.15) is 5.10 Å². The van der Waals surface area contributed by atoms with Gasteiger partial charge in [-0.25, -0.2) is 9.07 Å². The molecule has 7 heteroatoms. The maximum absolute atomic E-state index is 13.2. The first-order valence-corrected chi connectivity index (χ1v) is 9.60. The lowest BCUT2D eigenvalue weighted by Crippen LogP contribution is -2.42. The lowest BCUT2D eigenvalue weighted by atomic mass is 10.2. The molecule has 0 amide bonds. The number of halogens is 1. The fourth-order valence-electron chi connectivity index (χ4n) is 2.81. The van der Waals surface area contributed by atoms with Crippen LogP contribution in [0.25, 0.3) is 5.69 Å². The largest absolute Gasteiger partial charge is 0.489 e. The molecule has 0 radical (unpaired) electrons. The molecule has 0 aliphatic rings. The SMILES string of the molecule is CN=C(NCCc1cnn(-c2ccccc2)c1)NCC(C)Oc1cccc(F)c1. The number of aliphatic imine (C=N–C) groups is 1. The van der Waals surface area contributed by atoms with Crippen molar-refractivity contribution < 1.29 is 9.13 Å². The summed E-state index contributed by atoms with van der Waals surface area (Å²) in [4.78, 5) is 4.22. The van der Waals surface area contributed by atoms with Crippen LogP contribution in [0.3, 0.4) is 0 Å². The molecule has 0 bridgehead atoms. The average molecular weight is 395 g/mol. The minimum absolute atomic E-state index is 0.139. The number of para-hydroxylation sites is 1. The number of benzene rings is 2. The average Bonchev–Trinajstić information content (AvgIpc) is 3.20. The summed E-state index contributed by atoms with van der Waals surface area (Å²) in [5.41, 5.74) is 2.18. The highest BCUT2D eigenvalue weighted by Crippen LogP contribution is 2.13. The summed E-state index contributed by atoms with van der Waals surface area (Å²) in [6.07, 6.45) is 4.59. The third-order valence-corrected chi connectivity index (χ3v) is 4.28. The number of nitrogens with zero attached hydrogens (tertiary/aromatic N) is 3. The van der Waals surface area contributed by atoms with E-state index >= 15 is 0 Å².